The van der Waals surface area contributed by atoms with Crippen LogP contribution in [0, 0.1) is 13.8 Å². The van der Waals surface area contributed by atoms with E-state index in [9.17, 15) is 4.79 Å². The lowest BCUT2D eigenvalue weighted by atomic mass is 10.1. The SMILES string of the molecule is Cc1cc(C(=O)NCCc2nnc3n2CCC3)c2c(C)nn(C)c2n1. The summed E-state index contributed by atoms with van der Waals surface area (Å²) in [5.41, 5.74) is 2.97. The van der Waals surface area contributed by atoms with Gasteiger partial charge in [-0.1, -0.05) is 0 Å². The smallest absolute Gasteiger partial charge is 0.252 e. The molecule has 0 saturated heterocycles. The molecule has 0 saturated carbocycles. The molecule has 25 heavy (non-hydrogen) atoms. The fraction of sp³-hybridized carbons (Fsp3) is 0.471. The van der Waals surface area contributed by atoms with Gasteiger partial charge in [-0.05, 0) is 26.3 Å². The summed E-state index contributed by atoms with van der Waals surface area (Å²) in [5, 5.41) is 16.6. The molecule has 8 heteroatoms. The van der Waals surface area contributed by atoms with Gasteiger partial charge in [0.15, 0.2) is 5.65 Å². The Morgan fingerprint density at radius 2 is 2.16 bits per heavy atom. The van der Waals surface area contributed by atoms with Crippen molar-refractivity contribution in [2.45, 2.75) is 39.7 Å². The monoisotopic (exact) mass is 339 g/mol. The molecule has 1 aliphatic rings. The Kier molecular flexibility index (Phi) is 3.74. The molecule has 0 bridgehead atoms. The van der Waals surface area contributed by atoms with Gasteiger partial charge in [0, 0.05) is 38.7 Å². The second kappa shape index (κ2) is 5.94. The normalized spacial score (nSPS) is 13.4. The number of hydrogen-bond acceptors (Lipinski definition) is 5. The van der Waals surface area contributed by atoms with Crippen molar-refractivity contribution in [1.82, 2.24) is 34.8 Å². The topological polar surface area (TPSA) is 90.5 Å². The standard InChI is InChI=1S/C17H21N7O/c1-10-9-12(15-11(2)22-23(3)16(15)19-10)17(25)18-7-6-14-21-20-13-5-4-8-24(13)14/h9H,4-8H2,1-3H3,(H,18,25). The van der Waals surface area contributed by atoms with Gasteiger partial charge in [-0.15, -0.1) is 10.2 Å². The van der Waals surface area contributed by atoms with Gasteiger partial charge in [0.2, 0.25) is 0 Å². The summed E-state index contributed by atoms with van der Waals surface area (Å²) < 4.78 is 3.88. The Bertz CT molecular complexity index is 969. The van der Waals surface area contributed by atoms with E-state index >= 15 is 0 Å². The number of nitrogens with one attached hydrogen (secondary N) is 1. The lowest BCUT2D eigenvalue weighted by Gasteiger charge is -2.08. The first-order chi connectivity index (χ1) is 12.0. The summed E-state index contributed by atoms with van der Waals surface area (Å²) in [6.45, 7) is 5.29. The first-order valence-electron chi connectivity index (χ1n) is 8.54. The number of rotatable bonds is 4. The molecular weight excluding hydrogens is 318 g/mol. The predicted molar refractivity (Wildman–Crippen MR) is 92.4 cm³/mol. The highest BCUT2D eigenvalue weighted by Gasteiger charge is 2.19. The van der Waals surface area contributed by atoms with Crippen LogP contribution >= 0.6 is 0 Å². The Labute approximate surface area is 145 Å². The van der Waals surface area contributed by atoms with Gasteiger partial charge in [0.1, 0.15) is 11.6 Å². The molecule has 0 spiro atoms. The molecule has 0 fully saturated rings. The minimum absolute atomic E-state index is 0.104. The summed E-state index contributed by atoms with van der Waals surface area (Å²) in [7, 11) is 1.84. The van der Waals surface area contributed by atoms with Crippen LogP contribution in [-0.2, 0) is 26.4 Å². The molecule has 4 rings (SSSR count). The maximum atomic E-state index is 12.7. The zero-order valence-corrected chi connectivity index (χ0v) is 14.7. The molecule has 0 atom stereocenters. The van der Waals surface area contributed by atoms with Gasteiger partial charge in [-0.2, -0.15) is 5.10 Å². The van der Waals surface area contributed by atoms with Gasteiger partial charge < -0.3 is 9.88 Å². The molecule has 1 aliphatic heterocycles. The molecule has 0 aliphatic carbocycles. The highest BCUT2D eigenvalue weighted by Crippen LogP contribution is 2.21. The number of nitrogens with zero attached hydrogens (tertiary/aromatic N) is 6. The van der Waals surface area contributed by atoms with Gasteiger partial charge in [-0.3, -0.25) is 9.48 Å². The predicted octanol–water partition coefficient (Wildman–Crippen LogP) is 1.10. The fourth-order valence-corrected chi connectivity index (χ4v) is 3.53. The van der Waals surface area contributed by atoms with Crippen molar-refractivity contribution in [1.29, 1.82) is 0 Å². The summed E-state index contributed by atoms with van der Waals surface area (Å²) >= 11 is 0. The van der Waals surface area contributed by atoms with Crippen LogP contribution in [0.5, 0.6) is 0 Å². The Hall–Kier alpha value is -2.77. The Morgan fingerprint density at radius 3 is 3.00 bits per heavy atom. The van der Waals surface area contributed by atoms with Crippen LogP contribution in [0.25, 0.3) is 11.0 Å². The van der Waals surface area contributed by atoms with Crippen molar-refractivity contribution in [3.05, 3.63) is 34.7 Å². The Balaban J connectivity index is 1.52. The number of aromatic nitrogens is 6. The number of fused-ring (bicyclic) bond motifs is 2. The van der Waals surface area contributed by atoms with Crippen molar-refractivity contribution in [2.24, 2.45) is 7.05 Å². The molecule has 8 nitrogen and oxygen atoms in total. The van der Waals surface area contributed by atoms with E-state index in [0.717, 1.165) is 53.5 Å². The van der Waals surface area contributed by atoms with Crippen molar-refractivity contribution in [3.8, 4) is 0 Å². The second-order valence-corrected chi connectivity index (χ2v) is 6.51. The highest BCUT2D eigenvalue weighted by atomic mass is 16.1. The summed E-state index contributed by atoms with van der Waals surface area (Å²) in [6.07, 6.45) is 2.80. The average Bonchev–Trinajstić information content (AvgIpc) is 3.24. The van der Waals surface area contributed by atoms with E-state index in [0.29, 0.717) is 18.5 Å². The number of carbonyl (C=O) groups is 1. The lowest BCUT2D eigenvalue weighted by Crippen LogP contribution is -2.27. The van der Waals surface area contributed by atoms with Crippen LogP contribution in [0.3, 0.4) is 0 Å². The van der Waals surface area contributed by atoms with E-state index < -0.39 is 0 Å². The van der Waals surface area contributed by atoms with E-state index in [2.05, 4.69) is 30.2 Å². The maximum absolute atomic E-state index is 12.7. The third-order valence-electron chi connectivity index (χ3n) is 4.66. The van der Waals surface area contributed by atoms with E-state index in [1.165, 1.54) is 0 Å². The minimum Gasteiger partial charge on any atom is -0.352 e. The van der Waals surface area contributed by atoms with Crippen molar-refractivity contribution in [2.75, 3.05) is 6.54 Å². The fourth-order valence-electron chi connectivity index (χ4n) is 3.53. The zero-order chi connectivity index (χ0) is 17.6. The number of carbonyl (C=O) groups excluding carboxylic acids is 1. The van der Waals surface area contributed by atoms with Crippen molar-refractivity contribution < 1.29 is 4.79 Å². The molecular formula is C17H21N7O. The average molecular weight is 339 g/mol. The number of aryl methyl sites for hydroxylation is 4. The third kappa shape index (κ3) is 2.67. The molecule has 0 radical (unpaired) electrons. The second-order valence-electron chi connectivity index (χ2n) is 6.51. The van der Waals surface area contributed by atoms with Gasteiger partial charge in [-0.25, -0.2) is 4.98 Å². The third-order valence-corrected chi connectivity index (χ3v) is 4.66. The van der Waals surface area contributed by atoms with Crippen molar-refractivity contribution in [3.63, 3.8) is 0 Å². The number of amides is 1. The molecule has 0 aromatic carbocycles. The first kappa shape index (κ1) is 15.7. The maximum Gasteiger partial charge on any atom is 0.252 e. The van der Waals surface area contributed by atoms with Crippen molar-refractivity contribution >= 4 is 16.9 Å². The van der Waals surface area contributed by atoms with E-state index in [1.54, 1.807) is 4.68 Å². The zero-order valence-electron chi connectivity index (χ0n) is 14.7. The molecule has 3 aromatic rings. The Morgan fingerprint density at radius 1 is 1.32 bits per heavy atom. The summed E-state index contributed by atoms with van der Waals surface area (Å²) in [6, 6.07) is 1.82. The molecule has 3 aromatic heterocycles. The highest BCUT2D eigenvalue weighted by molar-refractivity contribution is 6.06. The van der Waals surface area contributed by atoms with Crippen LogP contribution in [0.1, 0.15) is 39.8 Å². The summed E-state index contributed by atoms with van der Waals surface area (Å²) in [4.78, 5) is 17.2. The summed E-state index contributed by atoms with van der Waals surface area (Å²) in [5.74, 6) is 1.90. The molecule has 1 N–H and O–H groups in total. The van der Waals surface area contributed by atoms with Crippen LogP contribution in [0.2, 0.25) is 0 Å². The number of hydrogen-bond donors (Lipinski definition) is 1. The first-order valence-corrected chi connectivity index (χ1v) is 8.54. The quantitative estimate of drug-likeness (QED) is 0.768. The van der Waals surface area contributed by atoms with Gasteiger partial charge >= 0.3 is 0 Å². The molecule has 4 heterocycles. The minimum atomic E-state index is -0.104. The van der Waals surface area contributed by atoms with Crippen LogP contribution in [-0.4, -0.2) is 42.0 Å². The van der Waals surface area contributed by atoms with E-state index in [4.69, 9.17) is 0 Å². The van der Waals surface area contributed by atoms with Crippen LogP contribution in [0.15, 0.2) is 6.07 Å². The molecule has 1 amide bonds. The van der Waals surface area contributed by atoms with Gasteiger partial charge in [0.25, 0.3) is 5.91 Å². The van der Waals surface area contributed by atoms with E-state index in [-0.39, 0.29) is 5.91 Å². The molecule has 130 valence electrons. The largest absolute Gasteiger partial charge is 0.352 e. The molecule has 0 unspecified atom stereocenters. The lowest BCUT2D eigenvalue weighted by molar-refractivity contribution is 0.0955. The van der Waals surface area contributed by atoms with E-state index in [1.807, 2.05) is 27.0 Å². The van der Waals surface area contributed by atoms with Gasteiger partial charge in [0.05, 0.1) is 16.6 Å². The number of pyridine rings is 1. The van der Waals surface area contributed by atoms with Crippen LogP contribution < -0.4 is 5.32 Å². The van der Waals surface area contributed by atoms with Crippen LogP contribution in [0.4, 0.5) is 0 Å².